The molecule has 0 atom stereocenters. The van der Waals surface area contributed by atoms with Crippen molar-refractivity contribution in [3.8, 4) is 5.69 Å². The van der Waals surface area contributed by atoms with E-state index >= 15 is 0 Å². The molecule has 0 aliphatic carbocycles. The fourth-order valence-electron chi connectivity index (χ4n) is 2.99. The van der Waals surface area contributed by atoms with E-state index in [-0.39, 0.29) is 11.9 Å². The highest BCUT2D eigenvalue weighted by Crippen LogP contribution is 2.20. The molecule has 2 heterocycles. The third kappa shape index (κ3) is 4.57. The number of hydrogen-bond acceptors (Lipinski definition) is 5. The summed E-state index contributed by atoms with van der Waals surface area (Å²) in [4.78, 5) is 27.8. The minimum absolute atomic E-state index is 0.303. The molecule has 29 heavy (non-hydrogen) atoms. The van der Waals surface area contributed by atoms with Crippen LogP contribution in [0.2, 0.25) is 0 Å². The molecule has 0 saturated carbocycles. The SMILES string of the molecule is CCOC(=O)c1ccc(-n2c(C)cc(C=NNC(=O)c3ccccn3)c2C)cc1. The Balaban J connectivity index is 1.76. The Morgan fingerprint density at radius 1 is 1.17 bits per heavy atom. The van der Waals surface area contributed by atoms with E-state index in [0.717, 1.165) is 22.6 Å². The van der Waals surface area contributed by atoms with Crippen molar-refractivity contribution >= 4 is 18.1 Å². The summed E-state index contributed by atoms with van der Waals surface area (Å²) < 4.78 is 7.07. The molecule has 2 aromatic heterocycles. The summed E-state index contributed by atoms with van der Waals surface area (Å²) in [5.74, 6) is -0.707. The van der Waals surface area contributed by atoms with Crippen molar-refractivity contribution in [2.75, 3.05) is 6.61 Å². The zero-order valence-corrected chi connectivity index (χ0v) is 16.5. The van der Waals surface area contributed by atoms with E-state index < -0.39 is 0 Å². The van der Waals surface area contributed by atoms with Crippen LogP contribution in [-0.2, 0) is 4.74 Å². The van der Waals surface area contributed by atoms with Gasteiger partial charge >= 0.3 is 5.97 Å². The van der Waals surface area contributed by atoms with Gasteiger partial charge in [-0.15, -0.1) is 0 Å². The minimum atomic E-state index is -0.370. The zero-order valence-electron chi connectivity index (χ0n) is 16.5. The highest BCUT2D eigenvalue weighted by atomic mass is 16.5. The van der Waals surface area contributed by atoms with E-state index in [4.69, 9.17) is 4.74 Å². The lowest BCUT2D eigenvalue weighted by Gasteiger charge is -2.10. The first-order valence-corrected chi connectivity index (χ1v) is 9.22. The van der Waals surface area contributed by atoms with Gasteiger partial charge in [-0.05, 0) is 63.2 Å². The smallest absolute Gasteiger partial charge is 0.338 e. The Kier molecular flexibility index (Phi) is 6.19. The van der Waals surface area contributed by atoms with E-state index in [2.05, 4.69) is 20.1 Å². The van der Waals surface area contributed by atoms with Gasteiger partial charge in [0.2, 0.25) is 0 Å². The Morgan fingerprint density at radius 2 is 1.93 bits per heavy atom. The number of amides is 1. The number of hydrogen-bond donors (Lipinski definition) is 1. The number of ether oxygens (including phenoxy) is 1. The van der Waals surface area contributed by atoms with Gasteiger partial charge in [0, 0.05) is 28.8 Å². The second-order valence-corrected chi connectivity index (χ2v) is 6.34. The minimum Gasteiger partial charge on any atom is -0.462 e. The average Bonchev–Trinajstić information content (AvgIpc) is 3.02. The summed E-state index contributed by atoms with van der Waals surface area (Å²) in [5, 5.41) is 4.05. The maximum absolute atomic E-state index is 12.0. The number of aromatic nitrogens is 2. The maximum atomic E-state index is 12.0. The number of esters is 1. The van der Waals surface area contributed by atoms with Crippen LogP contribution in [0.15, 0.2) is 59.8 Å². The number of hydrazone groups is 1. The van der Waals surface area contributed by atoms with Crippen LogP contribution in [-0.4, -0.2) is 34.2 Å². The van der Waals surface area contributed by atoms with Crippen molar-refractivity contribution in [2.24, 2.45) is 5.10 Å². The molecule has 0 aliphatic heterocycles. The molecule has 0 saturated heterocycles. The second-order valence-electron chi connectivity index (χ2n) is 6.34. The van der Waals surface area contributed by atoms with Crippen LogP contribution in [0.5, 0.6) is 0 Å². The number of carbonyl (C=O) groups excluding carboxylic acids is 2. The summed E-state index contributed by atoms with van der Waals surface area (Å²) >= 11 is 0. The molecule has 7 nitrogen and oxygen atoms in total. The summed E-state index contributed by atoms with van der Waals surface area (Å²) in [6, 6.07) is 14.3. The molecular weight excluding hydrogens is 368 g/mol. The van der Waals surface area contributed by atoms with Crippen LogP contribution in [0, 0.1) is 13.8 Å². The Bertz CT molecular complexity index is 1040. The monoisotopic (exact) mass is 390 g/mol. The van der Waals surface area contributed by atoms with E-state index in [1.165, 1.54) is 0 Å². The van der Waals surface area contributed by atoms with Crippen molar-refractivity contribution < 1.29 is 14.3 Å². The van der Waals surface area contributed by atoms with Gasteiger partial charge in [0.15, 0.2) is 0 Å². The summed E-state index contributed by atoms with van der Waals surface area (Å²) in [5.41, 5.74) is 7.06. The van der Waals surface area contributed by atoms with E-state index in [9.17, 15) is 9.59 Å². The second kappa shape index (κ2) is 8.97. The van der Waals surface area contributed by atoms with Crippen LogP contribution in [0.1, 0.15) is 44.7 Å². The lowest BCUT2D eigenvalue weighted by molar-refractivity contribution is 0.0526. The van der Waals surface area contributed by atoms with Gasteiger partial charge in [0.05, 0.1) is 18.4 Å². The fourth-order valence-corrected chi connectivity index (χ4v) is 2.99. The summed E-state index contributed by atoms with van der Waals surface area (Å²) in [7, 11) is 0. The van der Waals surface area contributed by atoms with Crippen molar-refractivity contribution in [3.05, 3.63) is 82.9 Å². The van der Waals surface area contributed by atoms with Gasteiger partial charge in [-0.1, -0.05) is 6.07 Å². The topological polar surface area (TPSA) is 85.6 Å². The van der Waals surface area contributed by atoms with Gasteiger partial charge in [0.1, 0.15) is 5.69 Å². The highest BCUT2D eigenvalue weighted by Gasteiger charge is 2.12. The average molecular weight is 390 g/mol. The molecule has 1 amide bonds. The first-order valence-electron chi connectivity index (χ1n) is 9.22. The number of aryl methyl sites for hydroxylation is 1. The molecule has 0 fully saturated rings. The van der Waals surface area contributed by atoms with Gasteiger partial charge in [-0.3, -0.25) is 9.78 Å². The van der Waals surface area contributed by atoms with Crippen molar-refractivity contribution in [2.45, 2.75) is 20.8 Å². The van der Waals surface area contributed by atoms with E-state index in [1.807, 2.05) is 32.0 Å². The zero-order chi connectivity index (χ0) is 20.8. The van der Waals surface area contributed by atoms with Crippen LogP contribution in [0.4, 0.5) is 0 Å². The molecule has 1 aromatic carbocycles. The number of pyridine rings is 1. The van der Waals surface area contributed by atoms with Gasteiger partial charge in [0.25, 0.3) is 5.91 Å². The molecule has 0 aliphatic rings. The summed E-state index contributed by atoms with van der Waals surface area (Å²) in [6.07, 6.45) is 3.16. The quantitative estimate of drug-likeness (QED) is 0.397. The predicted octanol–water partition coefficient (Wildman–Crippen LogP) is 3.43. The summed E-state index contributed by atoms with van der Waals surface area (Å²) in [6.45, 7) is 6.07. The molecule has 0 unspecified atom stereocenters. The molecular formula is C22H22N4O3. The maximum Gasteiger partial charge on any atom is 0.338 e. The van der Waals surface area contributed by atoms with Gasteiger partial charge in [-0.2, -0.15) is 5.10 Å². The first-order chi connectivity index (χ1) is 14.0. The molecule has 0 radical (unpaired) electrons. The third-order valence-electron chi connectivity index (χ3n) is 4.37. The number of nitrogens with one attached hydrogen (secondary N) is 1. The molecule has 3 rings (SSSR count). The van der Waals surface area contributed by atoms with Gasteiger partial charge < -0.3 is 9.30 Å². The van der Waals surface area contributed by atoms with Crippen LogP contribution in [0.25, 0.3) is 5.69 Å². The largest absolute Gasteiger partial charge is 0.462 e. The molecule has 7 heteroatoms. The Morgan fingerprint density at radius 3 is 2.59 bits per heavy atom. The van der Waals surface area contributed by atoms with Crippen molar-refractivity contribution in [1.82, 2.24) is 15.0 Å². The lowest BCUT2D eigenvalue weighted by Crippen LogP contribution is -2.18. The number of carbonyl (C=O) groups is 2. The predicted molar refractivity (Wildman–Crippen MR) is 110 cm³/mol. The molecule has 0 bridgehead atoms. The fraction of sp³-hybridized carbons (Fsp3) is 0.182. The standard InChI is InChI=1S/C22H22N4O3/c1-4-29-22(28)17-8-10-19(11-9-17)26-15(2)13-18(16(26)3)14-24-25-21(27)20-7-5-6-12-23-20/h5-14H,4H2,1-3H3,(H,25,27). The van der Waals surface area contributed by atoms with Crippen LogP contribution < -0.4 is 5.43 Å². The lowest BCUT2D eigenvalue weighted by atomic mass is 10.2. The first kappa shape index (κ1) is 20.0. The van der Waals surface area contributed by atoms with E-state index in [1.54, 1.807) is 49.7 Å². The number of benzene rings is 1. The highest BCUT2D eigenvalue weighted by molar-refractivity contribution is 5.93. The van der Waals surface area contributed by atoms with Gasteiger partial charge in [-0.25, -0.2) is 10.2 Å². The van der Waals surface area contributed by atoms with Crippen molar-refractivity contribution in [1.29, 1.82) is 0 Å². The number of rotatable bonds is 6. The number of nitrogens with zero attached hydrogens (tertiary/aromatic N) is 3. The Hall–Kier alpha value is -3.74. The van der Waals surface area contributed by atoms with Crippen LogP contribution in [0.3, 0.4) is 0 Å². The van der Waals surface area contributed by atoms with Crippen LogP contribution >= 0.6 is 0 Å². The third-order valence-corrected chi connectivity index (χ3v) is 4.37. The Labute approximate surface area is 169 Å². The van der Waals surface area contributed by atoms with Crippen molar-refractivity contribution in [3.63, 3.8) is 0 Å². The van der Waals surface area contributed by atoms with E-state index in [0.29, 0.717) is 17.9 Å². The molecule has 1 N–H and O–H groups in total. The normalized spacial score (nSPS) is 10.9. The molecule has 0 spiro atoms. The molecule has 3 aromatic rings. The molecule has 148 valence electrons.